The first-order valence-electron chi connectivity index (χ1n) is 8.19. The minimum absolute atomic E-state index is 0.0611. The molecule has 1 aromatic carbocycles. The zero-order valence-electron chi connectivity index (χ0n) is 14.0. The first-order chi connectivity index (χ1) is 12.1. The lowest BCUT2D eigenvalue weighted by Crippen LogP contribution is -2.40. The van der Waals surface area contributed by atoms with Crippen molar-refractivity contribution in [2.24, 2.45) is 7.05 Å². The van der Waals surface area contributed by atoms with Gasteiger partial charge >= 0.3 is 0 Å². The van der Waals surface area contributed by atoms with E-state index in [2.05, 4.69) is 10.3 Å². The van der Waals surface area contributed by atoms with Gasteiger partial charge in [-0.25, -0.2) is 9.37 Å². The third kappa shape index (κ3) is 4.03. The van der Waals surface area contributed by atoms with Crippen LogP contribution >= 0.6 is 0 Å². The van der Waals surface area contributed by atoms with Crippen LogP contribution in [0.1, 0.15) is 28.2 Å². The van der Waals surface area contributed by atoms with Crippen LogP contribution < -0.4 is 5.32 Å². The maximum absolute atomic E-state index is 13.9. The molecule has 3 rings (SSSR count). The van der Waals surface area contributed by atoms with Gasteiger partial charge in [0.2, 0.25) is 0 Å². The molecular weight excluding hydrogens is 321 g/mol. The number of alkyl halides is 1. The van der Waals surface area contributed by atoms with Gasteiger partial charge in [0.05, 0.1) is 18.2 Å². The van der Waals surface area contributed by atoms with Crippen LogP contribution in [0.2, 0.25) is 0 Å². The van der Waals surface area contributed by atoms with E-state index >= 15 is 0 Å². The average Bonchev–Trinajstić information content (AvgIpc) is 3.18. The fourth-order valence-electron chi connectivity index (χ4n) is 3.07. The molecule has 1 N–H and O–H groups in total. The number of carbonyl (C=O) groups is 1. The van der Waals surface area contributed by atoms with E-state index in [-0.39, 0.29) is 11.9 Å². The maximum Gasteiger partial charge on any atom is 0.251 e. The minimum Gasteiger partial charge on any atom is -0.350 e. The van der Waals surface area contributed by atoms with Crippen molar-refractivity contribution >= 4 is 5.91 Å². The molecule has 130 valence electrons. The molecule has 0 unspecified atom stereocenters. The zero-order chi connectivity index (χ0) is 17.8. The van der Waals surface area contributed by atoms with E-state index in [1.54, 1.807) is 30.5 Å². The molecule has 0 aliphatic carbocycles. The Morgan fingerprint density at radius 1 is 1.44 bits per heavy atom. The van der Waals surface area contributed by atoms with Gasteiger partial charge in [-0.15, -0.1) is 0 Å². The number of nitrogens with one attached hydrogen (secondary N) is 1. The van der Waals surface area contributed by atoms with Gasteiger partial charge < -0.3 is 9.88 Å². The summed E-state index contributed by atoms with van der Waals surface area (Å²) in [4.78, 5) is 18.5. The van der Waals surface area contributed by atoms with Crippen LogP contribution in [0.3, 0.4) is 0 Å². The van der Waals surface area contributed by atoms with Gasteiger partial charge in [-0.1, -0.05) is 0 Å². The number of halogens is 1. The number of imidazole rings is 1. The lowest BCUT2D eigenvalue weighted by molar-refractivity contribution is 0.0939. The van der Waals surface area contributed by atoms with Crippen LogP contribution in [0, 0.1) is 11.3 Å². The number of aromatic nitrogens is 2. The van der Waals surface area contributed by atoms with Crippen molar-refractivity contribution in [3.8, 4) is 6.07 Å². The largest absolute Gasteiger partial charge is 0.350 e. The number of nitriles is 1. The summed E-state index contributed by atoms with van der Waals surface area (Å²) in [6.07, 6.45) is 3.09. The van der Waals surface area contributed by atoms with Crippen molar-refractivity contribution in [1.82, 2.24) is 19.8 Å². The second-order valence-electron chi connectivity index (χ2n) is 6.27. The average molecular weight is 341 g/mol. The number of hydrogen-bond donors (Lipinski definition) is 1. The highest BCUT2D eigenvalue weighted by atomic mass is 19.1. The highest BCUT2D eigenvalue weighted by Crippen LogP contribution is 2.22. The van der Waals surface area contributed by atoms with Crippen LogP contribution in [0.25, 0.3) is 0 Å². The van der Waals surface area contributed by atoms with Crippen molar-refractivity contribution in [3.05, 3.63) is 53.6 Å². The molecule has 1 aliphatic rings. The van der Waals surface area contributed by atoms with Crippen LogP contribution in [0.4, 0.5) is 4.39 Å². The lowest BCUT2D eigenvalue weighted by Gasteiger charge is -2.24. The second kappa shape index (κ2) is 7.45. The first-order valence-corrected chi connectivity index (χ1v) is 8.19. The smallest absolute Gasteiger partial charge is 0.251 e. The third-order valence-electron chi connectivity index (χ3n) is 4.52. The van der Waals surface area contributed by atoms with Gasteiger partial charge in [0, 0.05) is 44.1 Å². The number of amides is 1. The topological polar surface area (TPSA) is 74.0 Å². The van der Waals surface area contributed by atoms with E-state index in [1.165, 1.54) is 0 Å². The van der Waals surface area contributed by atoms with Crippen LogP contribution in [0.5, 0.6) is 0 Å². The maximum atomic E-state index is 13.9. The van der Waals surface area contributed by atoms with Gasteiger partial charge in [-0.3, -0.25) is 9.69 Å². The van der Waals surface area contributed by atoms with Gasteiger partial charge in [0.25, 0.3) is 5.91 Å². The molecule has 0 bridgehead atoms. The molecule has 1 fully saturated rings. The highest BCUT2D eigenvalue weighted by molar-refractivity contribution is 5.94. The number of likely N-dealkylation sites (tertiary alicyclic amines) is 1. The van der Waals surface area contributed by atoms with Crippen molar-refractivity contribution in [3.63, 3.8) is 0 Å². The number of benzene rings is 1. The Bertz CT molecular complexity index is 780. The number of hydrogen-bond acceptors (Lipinski definition) is 4. The summed E-state index contributed by atoms with van der Waals surface area (Å²) < 4.78 is 15.8. The number of aryl methyl sites for hydroxylation is 1. The number of carbonyl (C=O) groups excluding carboxylic acids is 1. The fraction of sp³-hybridized carbons (Fsp3) is 0.389. The number of rotatable bonds is 5. The molecule has 6 nitrogen and oxygen atoms in total. The van der Waals surface area contributed by atoms with Crippen molar-refractivity contribution in [1.29, 1.82) is 5.26 Å². The normalized spacial score (nSPS) is 20.4. The molecule has 1 amide bonds. The zero-order valence-corrected chi connectivity index (χ0v) is 14.0. The molecule has 0 spiro atoms. The summed E-state index contributed by atoms with van der Waals surface area (Å²) in [5.74, 6) is 0.654. The fourth-order valence-corrected chi connectivity index (χ4v) is 3.07. The highest BCUT2D eigenvalue weighted by Gasteiger charge is 2.32. The molecule has 0 saturated carbocycles. The predicted octanol–water partition coefficient (Wildman–Crippen LogP) is 1.63. The van der Waals surface area contributed by atoms with E-state index in [0.29, 0.717) is 37.2 Å². The van der Waals surface area contributed by atoms with Crippen LogP contribution in [0.15, 0.2) is 36.7 Å². The summed E-state index contributed by atoms with van der Waals surface area (Å²) >= 11 is 0. The van der Waals surface area contributed by atoms with Gasteiger partial charge in [0.1, 0.15) is 12.0 Å². The lowest BCUT2D eigenvalue weighted by atomic mass is 10.1. The van der Waals surface area contributed by atoms with Crippen LogP contribution in [-0.2, 0) is 13.6 Å². The van der Waals surface area contributed by atoms with E-state index in [0.717, 1.165) is 5.82 Å². The standard InChI is InChI=1S/C18H20FN5O/c1-23-7-6-21-17(23)12-24-11-15(19)8-16(24)10-22-18(25)14-4-2-13(9-20)3-5-14/h2-7,15-16H,8,10-12H2,1H3,(H,22,25)/t15-,16-/m0/s1. The molecule has 1 aromatic heterocycles. The summed E-state index contributed by atoms with van der Waals surface area (Å²) in [6, 6.07) is 8.40. The molecule has 7 heteroatoms. The molecule has 0 radical (unpaired) electrons. The van der Waals surface area contributed by atoms with E-state index in [4.69, 9.17) is 5.26 Å². The van der Waals surface area contributed by atoms with Crippen LogP contribution in [-0.4, -0.2) is 45.7 Å². The Morgan fingerprint density at radius 3 is 2.84 bits per heavy atom. The Hall–Kier alpha value is -2.72. The monoisotopic (exact) mass is 341 g/mol. The summed E-state index contributed by atoms with van der Waals surface area (Å²) in [5, 5.41) is 11.7. The Labute approximate surface area is 145 Å². The summed E-state index contributed by atoms with van der Waals surface area (Å²) in [5.41, 5.74) is 0.998. The van der Waals surface area contributed by atoms with Gasteiger partial charge in [-0.05, 0) is 30.7 Å². The van der Waals surface area contributed by atoms with Gasteiger partial charge in [-0.2, -0.15) is 5.26 Å². The van der Waals surface area contributed by atoms with E-state index in [9.17, 15) is 9.18 Å². The van der Waals surface area contributed by atoms with Crippen molar-refractivity contribution in [2.45, 2.75) is 25.2 Å². The van der Waals surface area contributed by atoms with Crippen molar-refractivity contribution < 1.29 is 9.18 Å². The quantitative estimate of drug-likeness (QED) is 0.897. The molecular formula is C18H20FN5O. The van der Waals surface area contributed by atoms with E-state index in [1.807, 2.05) is 28.8 Å². The van der Waals surface area contributed by atoms with E-state index < -0.39 is 6.17 Å². The molecule has 2 aromatic rings. The molecule has 1 aliphatic heterocycles. The molecule has 2 heterocycles. The predicted molar refractivity (Wildman–Crippen MR) is 90.4 cm³/mol. The summed E-state index contributed by atoms with van der Waals surface area (Å²) in [7, 11) is 1.91. The van der Waals surface area contributed by atoms with Crippen molar-refractivity contribution in [2.75, 3.05) is 13.1 Å². The molecule has 25 heavy (non-hydrogen) atoms. The second-order valence-corrected chi connectivity index (χ2v) is 6.27. The summed E-state index contributed by atoms with van der Waals surface area (Å²) in [6.45, 7) is 1.29. The Kier molecular flexibility index (Phi) is 5.10. The minimum atomic E-state index is -0.892. The third-order valence-corrected chi connectivity index (χ3v) is 4.52. The number of nitrogens with zero attached hydrogens (tertiary/aromatic N) is 4. The SMILES string of the molecule is Cn1ccnc1CN1C[C@@H](F)C[C@H]1CNC(=O)c1ccc(C#N)cc1. The Balaban J connectivity index is 1.59. The first kappa shape index (κ1) is 17.1. The molecule has 1 saturated heterocycles. The Morgan fingerprint density at radius 2 is 2.20 bits per heavy atom. The van der Waals surface area contributed by atoms with Gasteiger partial charge in [0.15, 0.2) is 0 Å². The molecule has 2 atom stereocenters.